The van der Waals surface area contributed by atoms with Crippen LogP contribution in [0.4, 0.5) is 5.82 Å². The van der Waals surface area contributed by atoms with Crippen LogP contribution in [0.25, 0.3) is 22.2 Å². The number of rotatable bonds is 10. The van der Waals surface area contributed by atoms with Crippen molar-refractivity contribution >= 4 is 22.7 Å². The SMILES string of the molecule is CCCOc1cc(-c2cc(NCCn3c(C)cc4c(OC)cccc43)ncn2)ccc1C(=O)O. The number of aromatic nitrogens is 3. The van der Waals surface area contributed by atoms with Crippen LogP contribution >= 0.6 is 0 Å². The van der Waals surface area contributed by atoms with Crippen molar-refractivity contribution in [3.63, 3.8) is 0 Å². The summed E-state index contributed by atoms with van der Waals surface area (Å²) in [4.78, 5) is 20.2. The fourth-order valence-electron chi connectivity index (χ4n) is 3.96. The van der Waals surface area contributed by atoms with Crippen molar-refractivity contribution in [1.82, 2.24) is 14.5 Å². The third-order valence-electron chi connectivity index (χ3n) is 5.61. The predicted molar refractivity (Wildman–Crippen MR) is 132 cm³/mol. The molecule has 0 saturated heterocycles. The number of benzene rings is 2. The molecule has 8 heteroatoms. The van der Waals surface area contributed by atoms with Crippen molar-refractivity contribution < 1.29 is 19.4 Å². The van der Waals surface area contributed by atoms with E-state index < -0.39 is 5.97 Å². The molecular weight excluding hydrogens is 432 g/mol. The highest BCUT2D eigenvalue weighted by Crippen LogP contribution is 2.29. The number of anilines is 1. The Balaban J connectivity index is 1.50. The molecule has 0 aliphatic rings. The molecule has 0 fully saturated rings. The van der Waals surface area contributed by atoms with Gasteiger partial charge in [-0.25, -0.2) is 14.8 Å². The van der Waals surface area contributed by atoms with Crippen LogP contribution in [0.15, 0.2) is 54.9 Å². The van der Waals surface area contributed by atoms with Crippen molar-refractivity contribution in [2.45, 2.75) is 26.8 Å². The van der Waals surface area contributed by atoms with Crippen molar-refractivity contribution in [3.05, 3.63) is 66.1 Å². The van der Waals surface area contributed by atoms with Gasteiger partial charge >= 0.3 is 5.97 Å². The highest BCUT2D eigenvalue weighted by molar-refractivity contribution is 5.92. The Morgan fingerprint density at radius 3 is 2.74 bits per heavy atom. The van der Waals surface area contributed by atoms with Gasteiger partial charge in [-0.1, -0.05) is 19.1 Å². The topological polar surface area (TPSA) is 98.5 Å². The van der Waals surface area contributed by atoms with E-state index in [1.54, 1.807) is 25.3 Å². The van der Waals surface area contributed by atoms with Gasteiger partial charge in [0.15, 0.2) is 0 Å². The van der Waals surface area contributed by atoms with Crippen LogP contribution in [0.5, 0.6) is 11.5 Å². The first-order valence-corrected chi connectivity index (χ1v) is 11.2. The minimum atomic E-state index is -1.02. The fraction of sp³-hybridized carbons (Fsp3) is 0.269. The maximum Gasteiger partial charge on any atom is 0.339 e. The van der Waals surface area contributed by atoms with Crippen LogP contribution < -0.4 is 14.8 Å². The fourth-order valence-corrected chi connectivity index (χ4v) is 3.96. The summed E-state index contributed by atoms with van der Waals surface area (Å²) in [5.74, 6) is 0.873. The maximum atomic E-state index is 11.5. The van der Waals surface area contributed by atoms with Crippen LogP contribution in [0.1, 0.15) is 29.4 Å². The summed E-state index contributed by atoms with van der Waals surface area (Å²) in [6.45, 7) is 5.92. The number of aryl methyl sites for hydroxylation is 1. The first-order chi connectivity index (χ1) is 16.5. The zero-order valence-corrected chi connectivity index (χ0v) is 19.5. The smallest absolute Gasteiger partial charge is 0.339 e. The van der Waals surface area contributed by atoms with Crippen LogP contribution in [-0.2, 0) is 6.54 Å². The predicted octanol–water partition coefficient (Wildman–Crippen LogP) is 5.01. The number of nitrogens with one attached hydrogen (secondary N) is 1. The number of hydrogen-bond acceptors (Lipinski definition) is 6. The summed E-state index contributed by atoms with van der Waals surface area (Å²) >= 11 is 0. The molecule has 2 aromatic heterocycles. The van der Waals surface area contributed by atoms with Crippen molar-refractivity contribution in [3.8, 4) is 22.8 Å². The molecule has 0 aliphatic carbocycles. The molecule has 0 atom stereocenters. The lowest BCUT2D eigenvalue weighted by Crippen LogP contribution is -2.12. The molecule has 34 heavy (non-hydrogen) atoms. The third-order valence-corrected chi connectivity index (χ3v) is 5.61. The zero-order valence-electron chi connectivity index (χ0n) is 19.5. The Labute approximate surface area is 198 Å². The Kier molecular flexibility index (Phi) is 6.96. The Morgan fingerprint density at radius 2 is 1.97 bits per heavy atom. The van der Waals surface area contributed by atoms with Crippen molar-refractivity contribution in [1.29, 1.82) is 0 Å². The van der Waals surface area contributed by atoms with E-state index in [4.69, 9.17) is 9.47 Å². The maximum absolute atomic E-state index is 11.5. The second kappa shape index (κ2) is 10.2. The van der Waals surface area contributed by atoms with E-state index in [0.29, 0.717) is 30.4 Å². The average molecular weight is 461 g/mol. The van der Waals surface area contributed by atoms with E-state index in [2.05, 4.69) is 38.9 Å². The summed E-state index contributed by atoms with van der Waals surface area (Å²) in [5.41, 5.74) is 3.86. The summed E-state index contributed by atoms with van der Waals surface area (Å²) in [5, 5.41) is 13.9. The van der Waals surface area contributed by atoms with Gasteiger partial charge in [0.25, 0.3) is 0 Å². The van der Waals surface area contributed by atoms with Crippen LogP contribution in [0.2, 0.25) is 0 Å². The van der Waals surface area contributed by atoms with E-state index in [0.717, 1.165) is 40.9 Å². The molecule has 2 N–H and O–H groups in total. The van der Waals surface area contributed by atoms with Crippen LogP contribution in [-0.4, -0.2) is 45.9 Å². The van der Waals surface area contributed by atoms with Crippen LogP contribution in [0, 0.1) is 6.92 Å². The molecule has 4 aromatic rings. The third kappa shape index (κ3) is 4.80. The number of methoxy groups -OCH3 is 1. The van der Waals surface area contributed by atoms with Crippen molar-refractivity contribution in [2.75, 3.05) is 25.6 Å². The molecule has 0 bridgehead atoms. The standard InChI is InChI=1S/C26H28N4O4/c1-4-12-34-24-14-18(8-9-19(24)26(31)32)21-15-25(29-16-28-21)27-10-11-30-17(2)13-20-22(30)6-5-7-23(20)33-3/h5-9,13-16H,4,10-12H2,1-3H3,(H,31,32)(H,27,28,29). The highest BCUT2D eigenvalue weighted by atomic mass is 16.5. The molecule has 8 nitrogen and oxygen atoms in total. The van der Waals surface area contributed by atoms with Gasteiger partial charge in [-0.15, -0.1) is 0 Å². The lowest BCUT2D eigenvalue weighted by atomic mass is 10.1. The second-order valence-electron chi connectivity index (χ2n) is 7.91. The van der Waals surface area contributed by atoms with E-state index in [-0.39, 0.29) is 5.56 Å². The molecule has 0 aliphatic heterocycles. The molecule has 0 amide bonds. The van der Waals surface area contributed by atoms with E-state index >= 15 is 0 Å². The quantitative estimate of drug-likeness (QED) is 0.343. The molecule has 176 valence electrons. The van der Waals surface area contributed by atoms with E-state index in [9.17, 15) is 9.90 Å². The number of carbonyl (C=O) groups is 1. The Morgan fingerprint density at radius 1 is 1.12 bits per heavy atom. The minimum Gasteiger partial charge on any atom is -0.496 e. The number of ether oxygens (including phenoxy) is 2. The molecule has 0 saturated carbocycles. The molecule has 0 unspecified atom stereocenters. The largest absolute Gasteiger partial charge is 0.496 e. The number of nitrogens with zero attached hydrogens (tertiary/aromatic N) is 3. The molecule has 0 radical (unpaired) electrons. The normalized spacial score (nSPS) is 10.9. The summed E-state index contributed by atoms with van der Waals surface area (Å²) in [6, 6.07) is 15.0. The van der Waals surface area contributed by atoms with E-state index in [1.807, 2.05) is 25.1 Å². The Bertz CT molecular complexity index is 1320. The lowest BCUT2D eigenvalue weighted by molar-refractivity contribution is 0.0692. The summed E-state index contributed by atoms with van der Waals surface area (Å²) < 4.78 is 13.4. The number of hydrogen-bond donors (Lipinski definition) is 2. The minimum absolute atomic E-state index is 0.135. The van der Waals surface area contributed by atoms with Gasteiger partial charge < -0.3 is 24.5 Å². The number of carboxylic acids is 1. The Hall–Kier alpha value is -4.07. The molecule has 2 heterocycles. The van der Waals surface area contributed by atoms with Crippen molar-refractivity contribution in [2.24, 2.45) is 0 Å². The van der Waals surface area contributed by atoms with Gasteiger partial charge in [0.05, 0.1) is 24.9 Å². The number of carboxylic acid groups (broad SMARTS) is 1. The highest BCUT2D eigenvalue weighted by Gasteiger charge is 2.14. The van der Waals surface area contributed by atoms with Gasteiger partial charge in [-0.05, 0) is 43.7 Å². The first-order valence-electron chi connectivity index (χ1n) is 11.2. The average Bonchev–Trinajstić information content (AvgIpc) is 3.17. The van der Waals surface area contributed by atoms with Gasteiger partial charge in [0.1, 0.15) is 29.2 Å². The summed E-state index contributed by atoms with van der Waals surface area (Å²) in [7, 11) is 1.68. The summed E-state index contributed by atoms with van der Waals surface area (Å²) in [6.07, 6.45) is 2.28. The zero-order chi connectivity index (χ0) is 24.1. The van der Waals surface area contributed by atoms with Gasteiger partial charge in [0, 0.05) is 35.8 Å². The molecule has 4 rings (SSSR count). The van der Waals surface area contributed by atoms with Gasteiger partial charge in [-0.2, -0.15) is 0 Å². The van der Waals surface area contributed by atoms with Gasteiger partial charge in [0.2, 0.25) is 0 Å². The second-order valence-corrected chi connectivity index (χ2v) is 7.91. The van der Waals surface area contributed by atoms with Crippen LogP contribution in [0.3, 0.4) is 0 Å². The number of fused-ring (bicyclic) bond motifs is 1. The monoisotopic (exact) mass is 460 g/mol. The van der Waals surface area contributed by atoms with Gasteiger partial charge in [-0.3, -0.25) is 0 Å². The number of aromatic carboxylic acids is 1. The molecule has 2 aromatic carbocycles. The first kappa shape index (κ1) is 23.1. The molecular formula is C26H28N4O4. The molecule has 0 spiro atoms. The van der Waals surface area contributed by atoms with E-state index in [1.165, 1.54) is 6.33 Å². The lowest BCUT2D eigenvalue weighted by Gasteiger charge is -2.12.